The van der Waals surface area contributed by atoms with E-state index in [-0.39, 0.29) is 17.9 Å². The molecule has 0 saturated carbocycles. The van der Waals surface area contributed by atoms with E-state index < -0.39 is 5.82 Å². The van der Waals surface area contributed by atoms with Crippen molar-refractivity contribution in [1.82, 2.24) is 0 Å². The van der Waals surface area contributed by atoms with Crippen LogP contribution in [0.3, 0.4) is 0 Å². The van der Waals surface area contributed by atoms with E-state index in [1.807, 2.05) is 13.8 Å². The van der Waals surface area contributed by atoms with Gasteiger partial charge in [0.25, 0.3) is 0 Å². The van der Waals surface area contributed by atoms with Crippen molar-refractivity contribution in [2.24, 2.45) is 5.73 Å². The third-order valence-corrected chi connectivity index (χ3v) is 2.78. The minimum absolute atomic E-state index is 0.204. The molecule has 0 unspecified atom stereocenters. The fraction of sp³-hybridized carbons (Fsp3) is 0.467. The van der Waals surface area contributed by atoms with E-state index in [0.717, 1.165) is 0 Å². The smallest absolute Gasteiger partial charge is 0.165 e. The first kappa shape index (κ1) is 15.5. The number of benzene rings is 1. The summed E-state index contributed by atoms with van der Waals surface area (Å²) in [5, 5.41) is 0. The highest BCUT2D eigenvalue weighted by molar-refractivity contribution is 5.40. The molecule has 19 heavy (non-hydrogen) atoms. The third kappa shape index (κ3) is 5.29. The molecule has 0 aliphatic carbocycles. The summed E-state index contributed by atoms with van der Waals surface area (Å²) in [5.74, 6) is 5.37. The van der Waals surface area contributed by atoms with Gasteiger partial charge in [-0.05, 0) is 32.0 Å². The van der Waals surface area contributed by atoms with Crippen molar-refractivity contribution in [1.29, 1.82) is 0 Å². The molecular weight excluding hydrogens is 245 g/mol. The van der Waals surface area contributed by atoms with Gasteiger partial charge in [-0.2, -0.15) is 0 Å². The molecule has 3 nitrogen and oxygen atoms in total. The Labute approximate surface area is 113 Å². The van der Waals surface area contributed by atoms with Crippen molar-refractivity contribution in [3.8, 4) is 17.6 Å². The number of methoxy groups -OCH3 is 1. The van der Waals surface area contributed by atoms with Crippen molar-refractivity contribution < 1.29 is 13.9 Å². The van der Waals surface area contributed by atoms with Crippen LogP contribution in [0.1, 0.15) is 25.8 Å². The summed E-state index contributed by atoms with van der Waals surface area (Å²) in [6.45, 7) is 4.56. The maximum atomic E-state index is 13.6. The van der Waals surface area contributed by atoms with Crippen LogP contribution in [-0.2, 0) is 4.74 Å². The molecule has 0 heterocycles. The van der Waals surface area contributed by atoms with Gasteiger partial charge in [0.2, 0.25) is 0 Å². The molecule has 0 aromatic heterocycles. The predicted molar refractivity (Wildman–Crippen MR) is 73.5 cm³/mol. The monoisotopic (exact) mass is 265 g/mol. The molecule has 1 aromatic carbocycles. The maximum Gasteiger partial charge on any atom is 0.165 e. The van der Waals surface area contributed by atoms with Crippen molar-refractivity contribution in [2.45, 2.75) is 25.9 Å². The van der Waals surface area contributed by atoms with Gasteiger partial charge < -0.3 is 15.2 Å². The van der Waals surface area contributed by atoms with E-state index in [4.69, 9.17) is 15.2 Å². The fourth-order valence-corrected chi connectivity index (χ4v) is 1.35. The van der Waals surface area contributed by atoms with Crippen LogP contribution in [0.2, 0.25) is 0 Å². The molecule has 4 heteroatoms. The zero-order chi connectivity index (χ0) is 14.3. The topological polar surface area (TPSA) is 44.5 Å². The van der Waals surface area contributed by atoms with Gasteiger partial charge in [0.05, 0.1) is 18.8 Å². The van der Waals surface area contributed by atoms with Crippen molar-refractivity contribution in [2.75, 3.05) is 20.3 Å². The molecule has 2 N–H and O–H groups in total. The normalized spacial score (nSPS) is 10.8. The molecule has 0 radical (unpaired) electrons. The minimum Gasteiger partial charge on any atom is -0.490 e. The Morgan fingerprint density at radius 2 is 2.11 bits per heavy atom. The molecule has 1 rings (SSSR count). The summed E-state index contributed by atoms with van der Waals surface area (Å²) in [7, 11) is 1.64. The summed E-state index contributed by atoms with van der Waals surface area (Å²) in [6.07, 6.45) is 0.668. The van der Waals surface area contributed by atoms with Crippen LogP contribution < -0.4 is 10.5 Å². The average molecular weight is 265 g/mol. The average Bonchev–Trinajstić information content (AvgIpc) is 2.39. The second kappa shape index (κ2) is 7.13. The number of hydrogen-bond acceptors (Lipinski definition) is 3. The van der Waals surface area contributed by atoms with Gasteiger partial charge >= 0.3 is 0 Å². The Balaban J connectivity index is 2.67. The molecular formula is C15H20FNO2. The van der Waals surface area contributed by atoms with E-state index in [1.54, 1.807) is 19.2 Å². The van der Waals surface area contributed by atoms with Crippen LogP contribution in [0, 0.1) is 17.7 Å². The predicted octanol–water partition coefficient (Wildman–Crippen LogP) is 2.33. The lowest BCUT2D eigenvalue weighted by molar-refractivity contribution is 0.00514. The highest BCUT2D eigenvalue weighted by atomic mass is 19.1. The van der Waals surface area contributed by atoms with Gasteiger partial charge in [0, 0.05) is 19.1 Å². The first-order valence-electron chi connectivity index (χ1n) is 6.15. The van der Waals surface area contributed by atoms with Crippen molar-refractivity contribution in [3.63, 3.8) is 0 Å². The first-order valence-corrected chi connectivity index (χ1v) is 6.15. The Hall–Kier alpha value is -1.57. The van der Waals surface area contributed by atoms with Crippen LogP contribution in [0.15, 0.2) is 18.2 Å². The lowest BCUT2D eigenvalue weighted by Crippen LogP contribution is -2.25. The molecule has 0 aliphatic rings. The second-order valence-corrected chi connectivity index (χ2v) is 4.71. The van der Waals surface area contributed by atoms with Crippen LogP contribution >= 0.6 is 0 Å². The summed E-state index contributed by atoms with van der Waals surface area (Å²) in [5.41, 5.74) is 5.70. The lowest BCUT2D eigenvalue weighted by Gasteiger charge is -2.22. The second-order valence-electron chi connectivity index (χ2n) is 4.71. The Morgan fingerprint density at radius 1 is 1.37 bits per heavy atom. The highest BCUT2D eigenvalue weighted by Crippen LogP contribution is 2.20. The molecule has 0 aliphatic heterocycles. The van der Waals surface area contributed by atoms with Crippen LogP contribution in [0.4, 0.5) is 4.39 Å². The van der Waals surface area contributed by atoms with Crippen molar-refractivity contribution >= 4 is 0 Å². The number of nitrogens with two attached hydrogens (primary N) is 1. The number of halogens is 1. The quantitative estimate of drug-likeness (QED) is 0.831. The lowest BCUT2D eigenvalue weighted by atomic mass is 10.1. The minimum atomic E-state index is -0.395. The summed E-state index contributed by atoms with van der Waals surface area (Å²) in [6, 6.07) is 4.53. The summed E-state index contributed by atoms with van der Waals surface area (Å²) >= 11 is 0. The maximum absolute atomic E-state index is 13.6. The van der Waals surface area contributed by atoms with Gasteiger partial charge in [-0.25, -0.2) is 4.39 Å². The van der Waals surface area contributed by atoms with Gasteiger partial charge in [0.15, 0.2) is 11.6 Å². The molecule has 0 spiro atoms. The van der Waals surface area contributed by atoms with Crippen LogP contribution in [0.25, 0.3) is 0 Å². The Kier molecular flexibility index (Phi) is 5.81. The van der Waals surface area contributed by atoms with Crippen LogP contribution in [-0.4, -0.2) is 25.9 Å². The molecule has 1 aromatic rings. The standard InChI is InChI=1S/C15H20FNO2/c1-15(2,18-3)8-10-19-14-11-12(5-4-9-17)6-7-13(14)16/h6-7,11H,8-10,17H2,1-3H3. The molecule has 0 saturated heterocycles. The third-order valence-electron chi connectivity index (χ3n) is 2.78. The SMILES string of the molecule is COC(C)(C)CCOc1cc(C#CCN)ccc1F. The van der Waals surface area contributed by atoms with E-state index in [9.17, 15) is 4.39 Å². The van der Waals surface area contributed by atoms with E-state index >= 15 is 0 Å². The molecule has 0 bridgehead atoms. The van der Waals surface area contributed by atoms with Gasteiger partial charge in [-0.15, -0.1) is 0 Å². The highest BCUT2D eigenvalue weighted by Gasteiger charge is 2.16. The van der Waals surface area contributed by atoms with Gasteiger partial charge in [0.1, 0.15) is 0 Å². The fourth-order valence-electron chi connectivity index (χ4n) is 1.35. The van der Waals surface area contributed by atoms with E-state index in [0.29, 0.717) is 18.6 Å². The Morgan fingerprint density at radius 3 is 2.74 bits per heavy atom. The van der Waals surface area contributed by atoms with E-state index in [1.165, 1.54) is 6.07 Å². The first-order chi connectivity index (χ1) is 8.98. The van der Waals surface area contributed by atoms with Gasteiger partial charge in [-0.1, -0.05) is 11.8 Å². The zero-order valence-electron chi connectivity index (χ0n) is 11.6. The van der Waals surface area contributed by atoms with Gasteiger partial charge in [-0.3, -0.25) is 0 Å². The molecule has 0 fully saturated rings. The zero-order valence-corrected chi connectivity index (χ0v) is 11.6. The molecule has 0 amide bonds. The number of rotatable bonds is 5. The molecule has 0 atom stereocenters. The molecule has 104 valence electrons. The summed E-state index contributed by atoms with van der Waals surface area (Å²) < 4.78 is 24.3. The van der Waals surface area contributed by atoms with Crippen LogP contribution in [0.5, 0.6) is 5.75 Å². The number of ether oxygens (including phenoxy) is 2. The number of hydrogen-bond donors (Lipinski definition) is 1. The Bertz CT molecular complexity index is 475. The van der Waals surface area contributed by atoms with Crippen molar-refractivity contribution in [3.05, 3.63) is 29.6 Å². The van der Waals surface area contributed by atoms with E-state index in [2.05, 4.69) is 11.8 Å². The largest absolute Gasteiger partial charge is 0.490 e. The summed E-state index contributed by atoms with van der Waals surface area (Å²) in [4.78, 5) is 0.